The summed E-state index contributed by atoms with van der Waals surface area (Å²) in [7, 11) is -3.77. The van der Waals surface area contributed by atoms with Crippen LogP contribution in [0.15, 0.2) is 23.4 Å². The lowest BCUT2D eigenvalue weighted by Gasteiger charge is -2.21. The molecule has 0 bridgehead atoms. The van der Waals surface area contributed by atoms with Gasteiger partial charge in [0.1, 0.15) is 0 Å². The van der Waals surface area contributed by atoms with Gasteiger partial charge in [-0.1, -0.05) is 0 Å². The van der Waals surface area contributed by atoms with Crippen LogP contribution >= 0.6 is 0 Å². The average molecular weight is 286 g/mol. The molecule has 0 spiro atoms. The highest BCUT2D eigenvalue weighted by molar-refractivity contribution is 7.89. The number of carboxylic acids is 1. The normalized spacial score (nSPS) is 20.6. The van der Waals surface area contributed by atoms with Crippen molar-refractivity contribution < 1.29 is 23.4 Å². The second kappa shape index (κ2) is 5.24. The van der Waals surface area contributed by atoms with Crippen LogP contribution in [-0.4, -0.2) is 53.1 Å². The van der Waals surface area contributed by atoms with E-state index in [1.54, 1.807) is 0 Å². The molecule has 7 nitrogen and oxygen atoms in total. The number of aromatic carboxylic acids is 1. The zero-order chi connectivity index (χ0) is 14.0. The number of sulfonamides is 1. The van der Waals surface area contributed by atoms with Crippen molar-refractivity contribution in [2.24, 2.45) is 0 Å². The molecule has 104 valence electrons. The van der Waals surface area contributed by atoms with Gasteiger partial charge in [-0.2, -0.15) is 4.31 Å². The highest BCUT2D eigenvalue weighted by atomic mass is 32.2. The molecule has 1 atom stereocenters. The predicted octanol–water partition coefficient (Wildman–Crippen LogP) is -0.0748. The molecule has 1 aliphatic rings. The van der Waals surface area contributed by atoms with E-state index < -0.39 is 22.0 Å². The monoisotopic (exact) mass is 286 g/mol. The fourth-order valence-corrected chi connectivity index (χ4v) is 3.69. The number of aromatic nitrogens is 1. The quantitative estimate of drug-likeness (QED) is 0.802. The summed E-state index contributed by atoms with van der Waals surface area (Å²) in [5.41, 5.74) is -0.0703. The number of aliphatic hydroxyl groups is 1. The Bertz CT molecular complexity index is 569. The van der Waals surface area contributed by atoms with Crippen molar-refractivity contribution in [1.82, 2.24) is 9.29 Å². The van der Waals surface area contributed by atoms with Gasteiger partial charge in [0, 0.05) is 18.8 Å². The zero-order valence-electron chi connectivity index (χ0n) is 10.1. The van der Waals surface area contributed by atoms with Crippen molar-refractivity contribution in [2.45, 2.75) is 23.9 Å². The Kier molecular flexibility index (Phi) is 3.83. The highest BCUT2D eigenvalue weighted by Crippen LogP contribution is 2.24. The third-order valence-electron chi connectivity index (χ3n) is 3.09. The molecule has 1 saturated heterocycles. The molecule has 1 fully saturated rings. The van der Waals surface area contributed by atoms with Gasteiger partial charge in [0.2, 0.25) is 0 Å². The molecule has 2 N–H and O–H groups in total. The van der Waals surface area contributed by atoms with Crippen LogP contribution in [-0.2, 0) is 10.0 Å². The molecule has 8 heteroatoms. The summed E-state index contributed by atoms with van der Waals surface area (Å²) in [4.78, 5) is 14.4. The van der Waals surface area contributed by atoms with Gasteiger partial charge in [-0.05, 0) is 25.0 Å². The van der Waals surface area contributed by atoms with Crippen LogP contribution in [0.5, 0.6) is 0 Å². The van der Waals surface area contributed by atoms with Gasteiger partial charge < -0.3 is 10.2 Å². The van der Waals surface area contributed by atoms with Gasteiger partial charge in [-0.15, -0.1) is 0 Å². The van der Waals surface area contributed by atoms with Crippen LogP contribution < -0.4 is 0 Å². The first-order valence-electron chi connectivity index (χ1n) is 5.79. The zero-order valence-corrected chi connectivity index (χ0v) is 10.9. The van der Waals surface area contributed by atoms with Gasteiger partial charge in [0.25, 0.3) is 10.0 Å². The van der Waals surface area contributed by atoms with Gasteiger partial charge in [-0.3, -0.25) is 0 Å². The fourth-order valence-electron chi connectivity index (χ4n) is 2.09. The second-order valence-corrected chi connectivity index (χ2v) is 6.12. The summed E-state index contributed by atoms with van der Waals surface area (Å²) in [5.74, 6) is -1.16. The smallest absolute Gasteiger partial charge is 0.337 e. The molecule has 0 aromatic carbocycles. The van der Waals surface area contributed by atoms with Crippen LogP contribution in [0.1, 0.15) is 23.2 Å². The van der Waals surface area contributed by atoms with E-state index in [1.807, 2.05) is 0 Å². The molecule has 1 aromatic heterocycles. The first-order valence-corrected chi connectivity index (χ1v) is 7.23. The maximum Gasteiger partial charge on any atom is 0.337 e. The number of carbonyl (C=O) groups is 1. The Morgan fingerprint density at radius 2 is 2.21 bits per heavy atom. The lowest BCUT2D eigenvalue weighted by molar-refractivity contribution is 0.0696. The summed E-state index contributed by atoms with van der Waals surface area (Å²) in [6.45, 7) is 0.113. The van der Waals surface area contributed by atoms with Crippen LogP contribution in [0.25, 0.3) is 0 Å². The lowest BCUT2D eigenvalue weighted by atomic mass is 10.2. The SMILES string of the molecule is O=C(O)c1ccc(S(=O)(=O)N2CCCC2CO)nc1. The molecular weight excluding hydrogens is 272 g/mol. The van der Waals surface area contributed by atoms with Gasteiger partial charge in [-0.25, -0.2) is 18.2 Å². The molecule has 1 aromatic rings. The van der Waals surface area contributed by atoms with Crippen molar-refractivity contribution in [3.63, 3.8) is 0 Å². The summed E-state index contributed by atoms with van der Waals surface area (Å²) in [6.07, 6.45) is 2.32. The van der Waals surface area contributed by atoms with Crippen molar-refractivity contribution in [2.75, 3.05) is 13.2 Å². The van der Waals surface area contributed by atoms with Crippen molar-refractivity contribution in [3.05, 3.63) is 23.9 Å². The van der Waals surface area contributed by atoms with E-state index in [2.05, 4.69) is 4.98 Å². The Balaban J connectivity index is 2.31. The number of pyridine rings is 1. The number of nitrogens with zero attached hydrogens (tertiary/aromatic N) is 2. The van der Waals surface area contributed by atoms with Gasteiger partial charge >= 0.3 is 5.97 Å². The van der Waals surface area contributed by atoms with Crippen LogP contribution in [0.3, 0.4) is 0 Å². The number of rotatable bonds is 4. The van der Waals surface area contributed by atoms with Gasteiger partial charge in [0.05, 0.1) is 12.2 Å². The number of aliphatic hydroxyl groups excluding tert-OH is 1. The maximum atomic E-state index is 12.3. The van der Waals surface area contributed by atoms with E-state index in [0.29, 0.717) is 19.4 Å². The Morgan fingerprint density at radius 1 is 1.47 bits per heavy atom. The van der Waals surface area contributed by atoms with Crippen LogP contribution in [0, 0.1) is 0 Å². The van der Waals surface area contributed by atoms with Crippen LogP contribution in [0.2, 0.25) is 0 Å². The minimum Gasteiger partial charge on any atom is -0.478 e. The Morgan fingerprint density at radius 3 is 2.74 bits per heavy atom. The predicted molar refractivity (Wildman–Crippen MR) is 65.2 cm³/mol. The maximum absolute atomic E-state index is 12.3. The molecule has 0 radical (unpaired) electrons. The summed E-state index contributed by atoms with van der Waals surface area (Å²) >= 11 is 0. The molecule has 0 amide bonds. The minimum absolute atomic E-state index is 0.0703. The average Bonchev–Trinajstić information content (AvgIpc) is 2.87. The first-order chi connectivity index (χ1) is 8.96. The number of hydrogen-bond donors (Lipinski definition) is 2. The highest BCUT2D eigenvalue weighted by Gasteiger charge is 2.35. The van der Waals surface area contributed by atoms with Crippen molar-refractivity contribution in [3.8, 4) is 0 Å². The Labute approximate surface area is 110 Å². The largest absolute Gasteiger partial charge is 0.478 e. The number of carboxylic acid groups (broad SMARTS) is 1. The van der Waals surface area contributed by atoms with Gasteiger partial charge in [0.15, 0.2) is 5.03 Å². The summed E-state index contributed by atoms with van der Waals surface area (Å²) < 4.78 is 25.8. The molecule has 0 aliphatic carbocycles. The van der Waals surface area contributed by atoms with E-state index in [4.69, 9.17) is 10.2 Å². The Hall–Kier alpha value is -1.51. The molecule has 1 unspecified atom stereocenters. The lowest BCUT2D eigenvalue weighted by Crippen LogP contribution is -2.37. The summed E-state index contributed by atoms with van der Waals surface area (Å²) in [5, 5.41) is 17.7. The van der Waals surface area contributed by atoms with Crippen LogP contribution in [0.4, 0.5) is 0 Å². The standard InChI is InChI=1S/C11H14N2O5S/c14-7-9-2-1-5-13(9)19(17,18)10-4-3-8(6-12-10)11(15)16/h3-4,6,9,14H,1-2,5,7H2,(H,15,16). The van der Waals surface area contributed by atoms with Crippen molar-refractivity contribution >= 4 is 16.0 Å². The van der Waals surface area contributed by atoms with E-state index in [0.717, 1.165) is 6.20 Å². The molecule has 2 rings (SSSR count). The fraction of sp³-hybridized carbons (Fsp3) is 0.455. The topological polar surface area (TPSA) is 108 Å². The minimum atomic E-state index is -3.77. The molecule has 2 heterocycles. The third-order valence-corrected chi connectivity index (χ3v) is 4.96. The second-order valence-electron chi connectivity index (χ2n) is 4.28. The molecule has 0 saturated carbocycles. The third kappa shape index (κ3) is 2.60. The summed E-state index contributed by atoms with van der Waals surface area (Å²) in [6, 6.07) is 1.95. The van der Waals surface area contributed by atoms with E-state index in [1.165, 1.54) is 16.4 Å². The molecule has 19 heavy (non-hydrogen) atoms. The van der Waals surface area contributed by atoms with Crippen molar-refractivity contribution in [1.29, 1.82) is 0 Å². The molecule has 1 aliphatic heterocycles. The first kappa shape index (κ1) is 13.9. The van der Waals surface area contributed by atoms with E-state index >= 15 is 0 Å². The van der Waals surface area contributed by atoms with E-state index in [9.17, 15) is 13.2 Å². The number of hydrogen-bond acceptors (Lipinski definition) is 5. The molecular formula is C11H14N2O5S. The van der Waals surface area contributed by atoms with E-state index in [-0.39, 0.29) is 17.2 Å².